The number of carbonyl (C=O) groups excluding carboxylic acids is 1. The second kappa shape index (κ2) is 3.90. The van der Waals surface area contributed by atoms with E-state index in [1.54, 1.807) is 11.0 Å². The van der Waals surface area contributed by atoms with Crippen LogP contribution in [-0.2, 0) is 16.6 Å². The van der Waals surface area contributed by atoms with Gasteiger partial charge in [-0.15, -0.1) is 0 Å². The molecule has 23 heavy (non-hydrogen) atoms. The number of phenols is 1. The fraction of sp³-hybridized carbons (Fsp3) is 0.500. The van der Waals surface area contributed by atoms with Gasteiger partial charge in [0.15, 0.2) is 11.5 Å². The molecule has 0 unspecified atom stereocenters. The largest absolute Gasteiger partial charge is 0.504 e. The number of piperidine rings is 1. The van der Waals surface area contributed by atoms with Crippen molar-refractivity contribution in [1.29, 1.82) is 0 Å². The van der Waals surface area contributed by atoms with Crippen LogP contribution in [0.15, 0.2) is 24.3 Å². The Labute approximate surface area is 134 Å². The van der Waals surface area contributed by atoms with Crippen LogP contribution in [-0.4, -0.2) is 45.8 Å². The van der Waals surface area contributed by atoms with Gasteiger partial charge in [-0.1, -0.05) is 12.6 Å². The third-order valence-corrected chi connectivity index (χ3v) is 6.59. The van der Waals surface area contributed by atoms with Crippen molar-refractivity contribution in [3.05, 3.63) is 35.4 Å². The lowest BCUT2D eigenvalue weighted by atomic mass is 9.48. The minimum atomic E-state index is -1.02. The summed E-state index contributed by atoms with van der Waals surface area (Å²) in [5.41, 5.74) is 1.37. The van der Waals surface area contributed by atoms with E-state index < -0.39 is 11.0 Å². The quantitative estimate of drug-likeness (QED) is 0.605. The molecule has 1 spiro atoms. The summed E-state index contributed by atoms with van der Waals surface area (Å²) in [7, 11) is 0. The van der Waals surface area contributed by atoms with Crippen LogP contribution in [0.3, 0.4) is 0 Å². The van der Waals surface area contributed by atoms with Gasteiger partial charge in [0.05, 0.1) is 17.1 Å². The molecule has 4 atom stereocenters. The van der Waals surface area contributed by atoms with Gasteiger partial charge in [0.25, 0.3) is 0 Å². The average molecular weight is 313 g/mol. The molecule has 5 heteroatoms. The van der Waals surface area contributed by atoms with Gasteiger partial charge in [0.2, 0.25) is 6.41 Å². The molecule has 5 nitrogen and oxygen atoms in total. The Bertz CT molecular complexity index is 760. The number of hydrogen-bond acceptors (Lipinski definition) is 4. The second-order valence-electron chi connectivity index (χ2n) is 7.31. The molecule has 2 heterocycles. The Hall–Kier alpha value is -2.01. The monoisotopic (exact) mass is 313 g/mol. The lowest BCUT2D eigenvalue weighted by Crippen LogP contribution is -2.75. The van der Waals surface area contributed by atoms with Crippen molar-refractivity contribution < 1.29 is 19.7 Å². The fourth-order valence-electron chi connectivity index (χ4n) is 5.61. The van der Waals surface area contributed by atoms with Gasteiger partial charge >= 0.3 is 0 Å². The number of phenolic OH excluding ortho intramolecular Hbond substituents is 1. The zero-order valence-electron chi connectivity index (χ0n) is 12.8. The van der Waals surface area contributed by atoms with E-state index in [1.165, 1.54) is 0 Å². The highest BCUT2D eigenvalue weighted by Crippen LogP contribution is 2.65. The topological polar surface area (TPSA) is 70.0 Å². The Balaban J connectivity index is 1.85. The smallest absolute Gasteiger partial charge is 0.210 e. The average Bonchev–Trinajstić information content (AvgIpc) is 2.89. The number of benzene rings is 1. The summed E-state index contributed by atoms with van der Waals surface area (Å²) in [6.45, 7) is 4.76. The number of rotatable bonds is 1. The Kier molecular flexibility index (Phi) is 2.28. The second-order valence-corrected chi connectivity index (χ2v) is 7.31. The van der Waals surface area contributed by atoms with Crippen LogP contribution in [0.4, 0.5) is 0 Å². The molecule has 1 saturated heterocycles. The van der Waals surface area contributed by atoms with Gasteiger partial charge in [-0.3, -0.25) is 4.79 Å². The van der Waals surface area contributed by atoms with Crippen LogP contribution in [0.5, 0.6) is 11.5 Å². The molecular formula is C18H19NO4. The number of nitrogens with zero attached hydrogens (tertiary/aromatic N) is 1. The summed E-state index contributed by atoms with van der Waals surface area (Å²) >= 11 is 0. The molecule has 1 amide bonds. The van der Waals surface area contributed by atoms with E-state index in [-0.39, 0.29) is 17.9 Å². The molecule has 0 radical (unpaired) electrons. The lowest BCUT2D eigenvalue weighted by Gasteiger charge is -2.62. The third kappa shape index (κ3) is 1.25. The van der Waals surface area contributed by atoms with Crippen molar-refractivity contribution in [3.8, 4) is 11.5 Å². The van der Waals surface area contributed by atoms with E-state index >= 15 is 0 Å². The van der Waals surface area contributed by atoms with Gasteiger partial charge in [-0.2, -0.15) is 0 Å². The highest BCUT2D eigenvalue weighted by Gasteiger charge is 2.71. The van der Waals surface area contributed by atoms with Crippen LogP contribution >= 0.6 is 0 Å². The molecule has 1 saturated carbocycles. The zero-order chi connectivity index (χ0) is 16.0. The molecule has 5 rings (SSSR count). The number of hydrogen-bond donors (Lipinski definition) is 2. The first-order chi connectivity index (χ1) is 11.0. The molecule has 0 aromatic heterocycles. The minimum absolute atomic E-state index is 0.124. The van der Waals surface area contributed by atoms with Crippen molar-refractivity contribution in [2.24, 2.45) is 0 Å². The van der Waals surface area contributed by atoms with Crippen LogP contribution in [0.25, 0.3) is 0 Å². The standard InChI is InChI=1S/C18H19NO4/c1-10-4-5-18(22)13-8-11-2-3-12(21)15-14(11)17(18,16(10)23-15)6-7-19(13)9-20/h2-3,9,13,16,21-22H,1,4-8H2/t13-,16+,17+,18-/m1/s1. The zero-order valence-corrected chi connectivity index (χ0v) is 12.8. The van der Waals surface area contributed by atoms with Crippen LogP contribution < -0.4 is 4.74 Å². The van der Waals surface area contributed by atoms with E-state index in [9.17, 15) is 15.0 Å². The van der Waals surface area contributed by atoms with Crippen molar-refractivity contribution in [2.45, 2.75) is 48.8 Å². The normalized spacial score (nSPS) is 39.7. The Morgan fingerprint density at radius 3 is 3.00 bits per heavy atom. The molecule has 120 valence electrons. The van der Waals surface area contributed by atoms with Gasteiger partial charge in [-0.25, -0.2) is 0 Å². The number of aromatic hydroxyl groups is 1. The fourth-order valence-corrected chi connectivity index (χ4v) is 5.61. The summed E-state index contributed by atoms with van der Waals surface area (Å²) < 4.78 is 6.14. The van der Waals surface area contributed by atoms with Crippen LogP contribution in [0, 0.1) is 0 Å². The van der Waals surface area contributed by atoms with Crippen molar-refractivity contribution in [1.82, 2.24) is 4.90 Å². The predicted molar refractivity (Wildman–Crippen MR) is 82.4 cm³/mol. The van der Waals surface area contributed by atoms with Crippen LogP contribution in [0.1, 0.15) is 30.4 Å². The molecule has 4 aliphatic rings. The first-order valence-electron chi connectivity index (χ1n) is 8.16. The first-order valence-corrected chi connectivity index (χ1v) is 8.16. The van der Waals surface area contributed by atoms with E-state index in [1.807, 2.05) is 6.07 Å². The van der Waals surface area contributed by atoms with Gasteiger partial charge in [0, 0.05) is 12.1 Å². The van der Waals surface area contributed by atoms with E-state index in [0.717, 1.165) is 23.1 Å². The third-order valence-electron chi connectivity index (χ3n) is 6.59. The molecule has 1 aromatic rings. The molecule has 2 aliphatic carbocycles. The van der Waals surface area contributed by atoms with Gasteiger partial charge in [0.1, 0.15) is 6.10 Å². The molecule has 2 bridgehead atoms. The molecule has 2 N–H and O–H groups in total. The maximum atomic E-state index is 11.7. The maximum Gasteiger partial charge on any atom is 0.210 e. The summed E-state index contributed by atoms with van der Waals surface area (Å²) in [6, 6.07) is 3.31. The van der Waals surface area contributed by atoms with Crippen molar-refractivity contribution >= 4 is 6.41 Å². The molecular weight excluding hydrogens is 294 g/mol. The van der Waals surface area contributed by atoms with Crippen LogP contribution in [0.2, 0.25) is 0 Å². The predicted octanol–water partition coefficient (Wildman–Crippen LogP) is 1.26. The number of aliphatic hydroxyl groups is 1. The summed E-state index contributed by atoms with van der Waals surface area (Å²) in [5, 5.41) is 22.0. The first kappa shape index (κ1) is 13.4. The number of ether oxygens (including phenoxy) is 1. The highest BCUT2D eigenvalue weighted by atomic mass is 16.5. The molecule has 2 fully saturated rings. The van der Waals surface area contributed by atoms with Crippen molar-refractivity contribution in [3.63, 3.8) is 0 Å². The van der Waals surface area contributed by atoms with E-state index in [0.29, 0.717) is 38.0 Å². The summed E-state index contributed by atoms with van der Waals surface area (Å²) in [5.74, 6) is 0.630. The minimum Gasteiger partial charge on any atom is -0.504 e. The van der Waals surface area contributed by atoms with Gasteiger partial charge < -0.3 is 19.8 Å². The lowest BCUT2D eigenvalue weighted by molar-refractivity contribution is -0.176. The SMILES string of the molecule is C=C1CC[C@@]2(O)[C@H]3Cc4ccc(O)c5c4[C@@]2(CCN3C=O)[C@H]1O5. The maximum absolute atomic E-state index is 11.7. The number of amides is 1. The summed E-state index contributed by atoms with van der Waals surface area (Å²) in [6.07, 6.45) is 3.02. The Morgan fingerprint density at radius 2 is 2.22 bits per heavy atom. The summed E-state index contributed by atoms with van der Waals surface area (Å²) in [4.78, 5) is 13.3. The Morgan fingerprint density at radius 1 is 1.39 bits per heavy atom. The number of carbonyl (C=O) groups is 1. The van der Waals surface area contributed by atoms with E-state index in [4.69, 9.17) is 4.74 Å². The van der Waals surface area contributed by atoms with Gasteiger partial charge in [-0.05, 0) is 42.9 Å². The molecule has 1 aromatic carbocycles. The van der Waals surface area contributed by atoms with Crippen molar-refractivity contribution in [2.75, 3.05) is 6.54 Å². The number of likely N-dealkylation sites (tertiary alicyclic amines) is 1. The van der Waals surface area contributed by atoms with E-state index in [2.05, 4.69) is 6.58 Å². The highest BCUT2D eigenvalue weighted by molar-refractivity contribution is 5.65. The molecule has 2 aliphatic heterocycles.